The highest BCUT2D eigenvalue weighted by atomic mass is 32.1. The molecule has 3 heterocycles. The summed E-state index contributed by atoms with van der Waals surface area (Å²) in [6.07, 6.45) is 2.66. The molecule has 4 rings (SSSR count). The van der Waals surface area contributed by atoms with Crippen molar-refractivity contribution in [2.75, 3.05) is 13.7 Å². The van der Waals surface area contributed by atoms with Crippen molar-refractivity contribution >= 4 is 29.3 Å². The van der Waals surface area contributed by atoms with Gasteiger partial charge in [0.25, 0.3) is 0 Å². The molecule has 8 nitrogen and oxygen atoms in total. The third-order valence-electron chi connectivity index (χ3n) is 6.69. The van der Waals surface area contributed by atoms with E-state index < -0.39 is 5.97 Å². The van der Waals surface area contributed by atoms with Gasteiger partial charge in [-0.1, -0.05) is 12.1 Å². The van der Waals surface area contributed by atoms with E-state index in [0.717, 1.165) is 33.9 Å². The summed E-state index contributed by atoms with van der Waals surface area (Å²) in [6, 6.07) is 12.8. The topological polar surface area (TPSA) is 96.7 Å². The molecule has 188 valence electrons. The van der Waals surface area contributed by atoms with E-state index in [1.807, 2.05) is 45.0 Å². The van der Waals surface area contributed by atoms with E-state index >= 15 is 0 Å². The predicted molar refractivity (Wildman–Crippen MR) is 140 cm³/mol. The lowest BCUT2D eigenvalue weighted by Gasteiger charge is -2.28. The number of aromatic carboxylic acids is 1. The van der Waals surface area contributed by atoms with E-state index in [9.17, 15) is 14.7 Å². The molecule has 1 aliphatic rings. The first kappa shape index (κ1) is 25.4. The maximum Gasteiger partial charge on any atom is 0.335 e. The van der Waals surface area contributed by atoms with Gasteiger partial charge in [-0.3, -0.25) is 9.78 Å². The van der Waals surface area contributed by atoms with Gasteiger partial charge in [-0.05, 0) is 80.9 Å². The largest absolute Gasteiger partial charge is 0.478 e. The van der Waals surface area contributed by atoms with Crippen molar-refractivity contribution in [3.05, 3.63) is 82.4 Å². The number of carbonyl (C=O) groups excluding carboxylic acids is 1. The lowest BCUT2D eigenvalue weighted by Crippen LogP contribution is -2.31. The van der Waals surface area contributed by atoms with E-state index in [2.05, 4.69) is 25.8 Å². The average Bonchev–Trinajstić information content (AvgIpc) is 3.34. The number of carboxylic acid groups (broad SMARTS) is 1. The third-order valence-corrected chi connectivity index (χ3v) is 7.04. The van der Waals surface area contributed by atoms with Crippen LogP contribution < -0.4 is 5.32 Å². The molecule has 1 fully saturated rings. The Bertz CT molecular complexity index is 1300. The smallest absolute Gasteiger partial charge is 0.335 e. The van der Waals surface area contributed by atoms with E-state index in [1.54, 1.807) is 18.3 Å². The lowest BCUT2D eigenvalue weighted by atomic mass is 9.96. The Morgan fingerprint density at radius 3 is 2.61 bits per heavy atom. The highest BCUT2D eigenvalue weighted by molar-refractivity contribution is 7.80. The van der Waals surface area contributed by atoms with Crippen molar-refractivity contribution in [2.45, 2.75) is 45.7 Å². The number of aromatic nitrogens is 2. The molecular weight excluding hydrogens is 476 g/mol. The number of rotatable bonds is 8. The van der Waals surface area contributed by atoms with Gasteiger partial charge < -0.3 is 24.6 Å². The molecule has 1 saturated heterocycles. The zero-order valence-electron chi connectivity index (χ0n) is 20.8. The van der Waals surface area contributed by atoms with Crippen LogP contribution in [-0.4, -0.2) is 50.3 Å². The highest BCUT2D eigenvalue weighted by Gasteiger charge is 2.41. The van der Waals surface area contributed by atoms with Crippen molar-refractivity contribution < 1.29 is 19.4 Å². The summed E-state index contributed by atoms with van der Waals surface area (Å²) in [5.74, 6) is -1.21. The van der Waals surface area contributed by atoms with Crippen molar-refractivity contribution in [3.8, 4) is 5.69 Å². The number of esters is 1. The minimum atomic E-state index is -0.962. The summed E-state index contributed by atoms with van der Waals surface area (Å²) in [5, 5.41) is 13.6. The standard InChI is InChI=1S/C27H30N4O4S/c1-16-10-11-19(26(33)34)15-22(16)31-17(2)14-20(18(31)3)25-24(21-8-5-6-12-28-21)29-27(36)30(25)13-7-9-23(32)35-4/h5-6,8,10-12,14-15,24-25H,7,9,13H2,1-4H3,(H,29,36)(H,33,34)/t24-,25-/m1/s1. The minimum absolute atomic E-state index is 0.159. The van der Waals surface area contributed by atoms with Gasteiger partial charge >= 0.3 is 11.9 Å². The molecule has 1 aromatic carbocycles. The Hall–Kier alpha value is -3.72. The van der Waals surface area contributed by atoms with E-state index in [0.29, 0.717) is 24.5 Å². The Morgan fingerprint density at radius 1 is 1.17 bits per heavy atom. The number of methoxy groups -OCH3 is 1. The number of carboxylic acids is 1. The summed E-state index contributed by atoms with van der Waals surface area (Å²) < 4.78 is 6.91. The fourth-order valence-electron chi connectivity index (χ4n) is 4.92. The second-order valence-corrected chi connectivity index (χ2v) is 9.35. The first-order valence-corrected chi connectivity index (χ1v) is 12.2. The molecule has 0 amide bonds. The highest BCUT2D eigenvalue weighted by Crippen LogP contribution is 2.41. The lowest BCUT2D eigenvalue weighted by molar-refractivity contribution is -0.140. The quantitative estimate of drug-likeness (QED) is 0.342. The second kappa shape index (κ2) is 10.5. The Labute approximate surface area is 215 Å². The van der Waals surface area contributed by atoms with Crippen molar-refractivity contribution in [3.63, 3.8) is 0 Å². The number of nitrogens with zero attached hydrogens (tertiary/aromatic N) is 3. The molecule has 0 radical (unpaired) electrons. The van der Waals surface area contributed by atoms with Crippen LogP contribution in [0.3, 0.4) is 0 Å². The Balaban J connectivity index is 1.79. The predicted octanol–water partition coefficient (Wildman–Crippen LogP) is 4.42. The van der Waals surface area contributed by atoms with E-state index in [1.165, 1.54) is 7.11 Å². The number of ether oxygens (including phenoxy) is 1. The van der Waals surface area contributed by atoms with Crippen LogP contribution >= 0.6 is 12.2 Å². The number of hydrogen-bond donors (Lipinski definition) is 2. The molecule has 2 atom stereocenters. The van der Waals surface area contributed by atoms with Gasteiger partial charge in [0.15, 0.2) is 5.11 Å². The summed E-state index contributed by atoms with van der Waals surface area (Å²) >= 11 is 5.74. The minimum Gasteiger partial charge on any atom is -0.478 e. The summed E-state index contributed by atoms with van der Waals surface area (Å²) in [7, 11) is 1.39. The van der Waals surface area contributed by atoms with Crippen LogP contribution in [0.2, 0.25) is 0 Å². The molecular formula is C27H30N4O4S. The van der Waals surface area contributed by atoms with Crippen LogP contribution in [0.4, 0.5) is 0 Å². The summed E-state index contributed by atoms with van der Waals surface area (Å²) in [6.45, 7) is 6.61. The fraction of sp³-hybridized carbons (Fsp3) is 0.333. The van der Waals surface area contributed by atoms with Crippen LogP contribution in [0.1, 0.15) is 63.5 Å². The second-order valence-electron chi connectivity index (χ2n) is 8.97. The van der Waals surface area contributed by atoms with Gasteiger partial charge in [0, 0.05) is 36.2 Å². The van der Waals surface area contributed by atoms with Gasteiger partial charge in [-0.25, -0.2) is 4.79 Å². The normalized spacial score (nSPS) is 17.2. The fourth-order valence-corrected chi connectivity index (χ4v) is 5.25. The molecule has 3 aromatic rings. The van der Waals surface area contributed by atoms with Crippen LogP contribution in [0.15, 0.2) is 48.7 Å². The molecule has 9 heteroatoms. The number of carbonyl (C=O) groups is 2. The van der Waals surface area contributed by atoms with Crippen molar-refractivity contribution in [2.24, 2.45) is 0 Å². The Morgan fingerprint density at radius 2 is 1.94 bits per heavy atom. The molecule has 0 saturated carbocycles. The number of benzene rings is 1. The molecule has 0 unspecified atom stereocenters. The first-order chi connectivity index (χ1) is 17.2. The van der Waals surface area contributed by atoms with Gasteiger partial charge in [-0.15, -0.1) is 0 Å². The SMILES string of the molecule is COC(=O)CCCN1C(=S)N[C@H](c2ccccn2)[C@H]1c1cc(C)n(-c2cc(C(=O)O)ccc2C)c1C. The average molecular weight is 507 g/mol. The number of pyridine rings is 1. The van der Waals surface area contributed by atoms with E-state index in [-0.39, 0.29) is 23.6 Å². The number of nitrogens with one attached hydrogen (secondary N) is 1. The van der Waals surface area contributed by atoms with Crippen LogP contribution in [0, 0.1) is 20.8 Å². The van der Waals surface area contributed by atoms with Gasteiger partial charge in [0.1, 0.15) is 0 Å². The monoisotopic (exact) mass is 506 g/mol. The number of aryl methyl sites for hydroxylation is 2. The first-order valence-electron chi connectivity index (χ1n) is 11.8. The summed E-state index contributed by atoms with van der Waals surface area (Å²) in [4.78, 5) is 30.1. The maximum atomic E-state index is 11.7. The summed E-state index contributed by atoms with van der Waals surface area (Å²) in [5.41, 5.74) is 5.96. The molecule has 0 spiro atoms. The van der Waals surface area contributed by atoms with Crippen molar-refractivity contribution in [1.29, 1.82) is 0 Å². The van der Waals surface area contributed by atoms with Crippen molar-refractivity contribution in [1.82, 2.24) is 19.8 Å². The van der Waals surface area contributed by atoms with Gasteiger partial charge in [0.05, 0.1) is 30.5 Å². The third kappa shape index (κ3) is 4.83. The van der Waals surface area contributed by atoms with Crippen LogP contribution in [0.25, 0.3) is 5.69 Å². The van der Waals surface area contributed by atoms with E-state index in [4.69, 9.17) is 17.0 Å². The van der Waals surface area contributed by atoms with Crippen LogP contribution in [0.5, 0.6) is 0 Å². The zero-order valence-corrected chi connectivity index (χ0v) is 21.6. The Kier molecular flexibility index (Phi) is 7.40. The molecule has 0 aliphatic carbocycles. The molecule has 0 bridgehead atoms. The zero-order chi connectivity index (χ0) is 26.0. The maximum absolute atomic E-state index is 11.7. The van der Waals surface area contributed by atoms with Gasteiger partial charge in [-0.2, -0.15) is 0 Å². The molecule has 2 N–H and O–H groups in total. The molecule has 1 aliphatic heterocycles. The molecule has 2 aromatic heterocycles. The van der Waals surface area contributed by atoms with Gasteiger partial charge in [0.2, 0.25) is 0 Å². The molecule has 36 heavy (non-hydrogen) atoms. The van der Waals surface area contributed by atoms with Crippen LogP contribution in [-0.2, 0) is 9.53 Å². The number of hydrogen-bond acceptors (Lipinski definition) is 5. The number of thiocarbonyl (C=S) groups is 1.